The number of nitrogens with one attached hydrogen (secondary N) is 1. The highest BCUT2D eigenvalue weighted by Crippen LogP contribution is 2.22. The number of rotatable bonds is 8. The largest absolute Gasteiger partial charge is 0.490 e. The number of nitrogens with zero attached hydrogens (tertiary/aromatic N) is 1. The number of carbonyl (C=O) groups is 1. The van der Waals surface area contributed by atoms with Crippen LogP contribution in [0.25, 0.3) is 6.08 Å². The first-order chi connectivity index (χ1) is 10.6. The number of hydrogen-bond acceptors (Lipinski definition) is 4. The van der Waals surface area contributed by atoms with Crippen LogP contribution >= 0.6 is 0 Å². The van der Waals surface area contributed by atoms with Gasteiger partial charge in [-0.05, 0) is 32.4 Å². The zero-order valence-electron chi connectivity index (χ0n) is 13.3. The lowest BCUT2D eigenvalue weighted by molar-refractivity contribution is -0.117. The quantitative estimate of drug-likeness (QED) is 0.455. The van der Waals surface area contributed by atoms with Gasteiger partial charge >= 0.3 is 0 Å². The molecular weight excluding hydrogens is 280 g/mol. The summed E-state index contributed by atoms with van der Waals surface area (Å²) in [5.74, 6) is 0.260. The minimum atomic E-state index is -0.391. The summed E-state index contributed by atoms with van der Waals surface area (Å²) < 4.78 is 10.6. The fraction of sp³-hybridized carbons (Fsp3) is 0.412. The van der Waals surface area contributed by atoms with Gasteiger partial charge in [0.25, 0.3) is 5.91 Å². The van der Waals surface area contributed by atoms with Gasteiger partial charge in [0.1, 0.15) is 17.4 Å². The molecule has 0 aliphatic carbocycles. The highest BCUT2D eigenvalue weighted by Gasteiger charge is 2.10. The van der Waals surface area contributed by atoms with Crippen LogP contribution in [-0.2, 0) is 9.53 Å². The monoisotopic (exact) mass is 302 g/mol. The van der Waals surface area contributed by atoms with E-state index in [9.17, 15) is 10.1 Å². The zero-order valence-corrected chi connectivity index (χ0v) is 13.3. The lowest BCUT2D eigenvalue weighted by Gasteiger charge is -2.12. The second kappa shape index (κ2) is 9.59. The van der Waals surface area contributed by atoms with Gasteiger partial charge in [0.15, 0.2) is 0 Å². The van der Waals surface area contributed by atoms with Gasteiger partial charge in [-0.2, -0.15) is 5.26 Å². The van der Waals surface area contributed by atoms with E-state index in [1.54, 1.807) is 13.2 Å². The molecule has 1 aromatic carbocycles. The Morgan fingerprint density at radius 2 is 2.14 bits per heavy atom. The van der Waals surface area contributed by atoms with Crippen LogP contribution in [0.15, 0.2) is 29.8 Å². The van der Waals surface area contributed by atoms with Crippen LogP contribution in [0, 0.1) is 11.3 Å². The van der Waals surface area contributed by atoms with Crippen molar-refractivity contribution in [1.29, 1.82) is 5.26 Å². The van der Waals surface area contributed by atoms with Gasteiger partial charge in [-0.1, -0.05) is 18.2 Å². The van der Waals surface area contributed by atoms with Crippen molar-refractivity contribution in [2.45, 2.75) is 26.4 Å². The zero-order chi connectivity index (χ0) is 16.4. The normalized spacial score (nSPS) is 11.1. The van der Waals surface area contributed by atoms with E-state index in [4.69, 9.17) is 9.47 Å². The molecule has 1 amide bonds. The number of carbonyl (C=O) groups excluding carboxylic acids is 1. The van der Waals surface area contributed by atoms with Crippen molar-refractivity contribution in [1.82, 2.24) is 5.32 Å². The summed E-state index contributed by atoms with van der Waals surface area (Å²) in [4.78, 5) is 12.0. The van der Waals surface area contributed by atoms with Gasteiger partial charge in [-0.3, -0.25) is 4.79 Å². The van der Waals surface area contributed by atoms with E-state index >= 15 is 0 Å². The SMILES string of the molecule is COCCCNC(=O)/C(C#N)=C/c1ccccc1OC(C)C. The Bertz CT molecular complexity index is 559. The number of ether oxygens (including phenoxy) is 2. The highest BCUT2D eigenvalue weighted by atomic mass is 16.5. The molecule has 0 heterocycles. The first kappa shape index (κ1) is 17.7. The van der Waals surface area contributed by atoms with Gasteiger partial charge in [0, 0.05) is 25.8 Å². The van der Waals surface area contributed by atoms with Crippen LogP contribution in [0.2, 0.25) is 0 Å². The van der Waals surface area contributed by atoms with Crippen molar-refractivity contribution in [3.8, 4) is 11.8 Å². The van der Waals surface area contributed by atoms with E-state index in [0.29, 0.717) is 30.9 Å². The molecule has 0 spiro atoms. The molecule has 0 saturated heterocycles. The number of benzene rings is 1. The minimum absolute atomic E-state index is 0.0166. The molecule has 1 N–H and O–H groups in total. The van der Waals surface area contributed by atoms with Crippen LogP contribution in [0.1, 0.15) is 25.8 Å². The van der Waals surface area contributed by atoms with Gasteiger partial charge in [-0.15, -0.1) is 0 Å². The predicted octanol–water partition coefficient (Wildman–Crippen LogP) is 2.53. The second-order valence-electron chi connectivity index (χ2n) is 4.98. The van der Waals surface area contributed by atoms with Crippen LogP contribution in [0.4, 0.5) is 0 Å². The molecule has 0 aromatic heterocycles. The first-order valence-corrected chi connectivity index (χ1v) is 7.23. The Hall–Kier alpha value is -2.32. The molecular formula is C17H22N2O3. The van der Waals surface area contributed by atoms with E-state index in [1.807, 2.05) is 44.2 Å². The van der Waals surface area contributed by atoms with Gasteiger partial charge in [-0.25, -0.2) is 0 Å². The van der Waals surface area contributed by atoms with Gasteiger partial charge < -0.3 is 14.8 Å². The fourth-order valence-corrected chi connectivity index (χ4v) is 1.78. The topological polar surface area (TPSA) is 71.3 Å². The van der Waals surface area contributed by atoms with Crippen molar-refractivity contribution in [3.05, 3.63) is 35.4 Å². The summed E-state index contributed by atoms with van der Waals surface area (Å²) in [5.41, 5.74) is 0.761. The molecule has 0 atom stereocenters. The molecule has 0 aliphatic heterocycles. The Balaban J connectivity index is 2.84. The maximum absolute atomic E-state index is 12.0. The van der Waals surface area contributed by atoms with E-state index in [0.717, 1.165) is 0 Å². The molecule has 1 rings (SSSR count). The Labute approximate surface area is 131 Å². The number of methoxy groups -OCH3 is 1. The molecule has 0 unspecified atom stereocenters. The number of para-hydroxylation sites is 1. The minimum Gasteiger partial charge on any atom is -0.490 e. The van der Waals surface area contributed by atoms with Crippen LogP contribution in [-0.4, -0.2) is 32.3 Å². The lowest BCUT2D eigenvalue weighted by Crippen LogP contribution is -2.26. The maximum atomic E-state index is 12.0. The lowest BCUT2D eigenvalue weighted by atomic mass is 10.1. The molecule has 0 fully saturated rings. The van der Waals surface area contributed by atoms with Crippen LogP contribution in [0.5, 0.6) is 5.75 Å². The Morgan fingerprint density at radius 1 is 1.41 bits per heavy atom. The number of nitriles is 1. The number of hydrogen-bond donors (Lipinski definition) is 1. The summed E-state index contributed by atoms with van der Waals surface area (Å²) >= 11 is 0. The summed E-state index contributed by atoms with van der Waals surface area (Å²) in [6.45, 7) is 4.88. The van der Waals surface area contributed by atoms with Crippen molar-refractivity contribution in [3.63, 3.8) is 0 Å². The predicted molar refractivity (Wildman–Crippen MR) is 85.3 cm³/mol. The Morgan fingerprint density at radius 3 is 2.77 bits per heavy atom. The van der Waals surface area contributed by atoms with Gasteiger partial charge in [0.05, 0.1) is 6.10 Å². The molecule has 5 heteroatoms. The summed E-state index contributed by atoms with van der Waals surface area (Å²) in [7, 11) is 1.61. The molecule has 118 valence electrons. The standard InChI is InChI=1S/C17H22N2O3/c1-13(2)22-16-8-5-4-7-14(16)11-15(12-18)17(20)19-9-6-10-21-3/h4-5,7-8,11,13H,6,9-10H2,1-3H3,(H,19,20)/b15-11+. The van der Waals surface area contributed by atoms with E-state index in [-0.39, 0.29) is 11.7 Å². The van der Waals surface area contributed by atoms with E-state index in [1.165, 1.54) is 0 Å². The average molecular weight is 302 g/mol. The number of amides is 1. The average Bonchev–Trinajstić information content (AvgIpc) is 2.50. The molecule has 5 nitrogen and oxygen atoms in total. The van der Waals surface area contributed by atoms with Crippen molar-refractivity contribution in [2.75, 3.05) is 20.3 Å². The summed E-state index contributed by atoms with van der Waals surface area (Å²) in [6, 6.07) is 9.25. The van der Waals surface area contributed by atoms with Crippen LogP contribution < -0.4 is 10.1 Å². The molecule has 0 aliphatic rings. The molecule has 0 bridgehead atoms. The second-order valence-corrected chi connectivity index (χ2v) is 4.98. The molecule has 0 saturated carbocycles. The highest BCUT2D eigenvalue weighted by molar-refractivity contribution is 6.01. The maximum Gasteiger partial charge on any atom is 0.261 e. The molecule has 0 radical (unpaired) electrons. The third-order valence-corrected chi connectivity index (χ3v) is 2.76. The fourth-order valence-electron chi connectivity index (χ4n) is 1.78. The van der Waals surface area contributed by atoms with Crippen LogP contribution in [0.3, 0.4) is 0 Å². The Kier molecular flexibility index (Phi) is 7.73. The third-order valence-electron chi connectivity index (χ3n) is 2.76. The molecule has 1 aromatic rings. The molecule has 22 heavy (non-hydrogen) atoms. The van der Waals surface area contributed by atoms with E-state index < -0.39 is 5.91 Å². The van der Waals surface area contributed by atoms with Crippen molar-refractivity contribution in [2.24, 2.45) is 0 Å². The van der Waals surface area contributed by atoms with Crippen molar-refractivity contribution >= 4 is 12.0 Å². The van der Waals surface area contributed by atoms with Gasteiger partial charge in [0.2, 0.25) is 0 Å². The summed E-state index contributed by atoms with van der Waals surface area (Å²) in [5, 5.41) is 11.9. The third kappa shape index (κ3) is 5.98. The van der Waals surface area contributed by atoms with Crippen molar-refractivity contribution < 1.29 is 14.3 Å². The summed E-state index contributed by atoms with van der Waals surface area (Å²) in [6.07, 6.45) is 2.26. The van der Waals surface area contributed by atoms with E-state index in [2.05, 4.69) is 5.32 Å². The smallest absolute Gasteiger partial charge is 0.261 e. The first-order valence-electron chi connectivity index (χ1n) is 7.23.